The second-order valence-electron chi connectivity index (χ2n) is 4.35. The Balaban J connectivity index is 2.10. The Labute approximate surface area is 103 Å². The molecule has 1 aliphatic carbocycles. The molecular weight excluding hydrogens is 271 g/mol. The molecule has 0 aromatic heterocycles. The van der Waals surface area contributed by atoms with E-state index in [0.29, 0.717) is 24.2 Å². The summed E-state index contributed by atoms with van der Waals surface area (Å²) < 4.78 is 14.3. The molecule has 1 saturated carbocycles. The molecule has 1 aromatic rings. The molecule has 0 heterocycles. The highest BCUT2D eigenvalue weighted by molar-refractivity contribution is 9.10. The lowest BCUT2D eigenvalue weighted by atomic mass is 9.84. The lowest BCUT2D eigenvalue weighted by molar-refractivity contribution is -0.124. The summed E-state index contributed by atoms with van der Waals surface area (Å²) in [6, 6.07) is 5.05. The van der Waals surface area contributed by atoms with E-state index in [2.05, 4.69) is 15.9 Å². The largest absolute Gasteiger partial charge is 0.299 e. The topological polar surface area (TPSA) is 17.1 Å². The summed E-state index contributed by atoms with van der Waals surface area (Å²) in [6.07, 6.45) is 4.22. The van der Waals surface area contributed by atoms with Crippen molar-refractivity contribution >= 4 is 21.7 Å². The summed E-state index contributed by atoms with van der Waals surface area (Å²) in [6.45, 7) is 0. The quantitative estimate of drug-likeness (QED) is 0.805. The van der Waals surface area contributed by atoms with Crippen molar-refractivity contribution in [2.24, 2.45) is 5.92 Å². The first-order valence-electron chi connectivity index (χ1n) is 5.63. The van der Waals surface area contributed by atoms with Gasteiger partial charge in [0.2, 0.25) is 0 Å². The number of Topliss-reactive ketones (excluding diaryl/α,β-unsaturated/α-hetero) is 1. The zero-order valence-corrected chi connectivity index (χ0v) is 10.6. The monoisotopic (exact) mass is 284 g/mol. The molecule has 0 spiro atoms. The third-order valence-electron chi connectivity index (χ3n) is 3.16. The van der Waals surface area contributed by atoms with Crippen molar-refractivity contribution in [2.75, 3.05) is 0 Å². The van der Waals surface area contributed by atoms with Gasteiger partial charge >= 0.3 is 0 Å². The van der Waals surface area contributed by atoms with Gasteiger partial charge in [0.25, 0.3) is 0 Å². The molecule has 0 bridgehead atoms. The van der Waals surface area contributed by atoms with Crippen molar-refractivity contribution < 1.29 is 9.18 Å². The van der Waals surface area contributed by atoms with Crippen molar-refractivity contribution in [3.8, 4) is 0 Å². The molecule has 1 fully saturated rings. The molecule has 0 amide bonds. The molecule has 1 unspecified atom stereocenters. The van der Waals surface area contributed by atoms with Crippen molar-refractivity contribution in [3.05, 3.63) is 34.1 Å². The molecule has 1 nitrogen and oxygen atoms in total. The van der Waals surface area contributed by atoms with E-state index in [4.69, 9.17) is 0 Å². The standard InChI is InChI=1S/C13H14BrFO/c14-11-6-5-9(12(15)8-11)7-10-3-1-2-4-13(10)16/h5-6,8,10H,1-4,7H2. The highest BCUT2D eigenvalue weighted by Gasteiger charge is 2.23. The van der Waals surface area contributed by atoms with Crippen LogP contribution < -0.4 is 0 Å². The van der Waals surface area contributed by atoms with E-state index in [-0.39, 0.29) is 11.7 Å². The molecule has 0 aliphatic heterocycles. The number of rotatable bonds is 2. The highest BCUT2D eigenvalue weighted by Crippen LogP contribution is 2.26. The third kappa shape index (κ3) is 2.70. The third-order valence-corrected chi connectivity index (χ3v) is 3.66. The first-order valence-corrected chi connectivity index (χ1v) is 6.43. The van der Waals surface area contributed by atoms with Gasteiger partial charge in [-0.15, -0.1) is 0 Å². The van der Waals surface area contributed by atoms with Crippen LogP contribution in [0, 0.1) is 11.7 Å². The first kappa shape index (κ1) is 11.8. The minimum atomic E-state index is -0.215. The van der Waals surface area contributed by atoms with Crippen LogP contribution in [0.3, 0.4) is 0 Å². The summed E-state index contributed by atoms with van der Waals surface area (Å²) in [5.74, 6) is 0.116. The van der Waals surface area contributed by atoms with E-state index in [9.17, 15) is 9.18 Å². The minimum Gasteiger partial charge on any atom is -0.299 e. The molecule has 16 heavy (non-hydrogen) atoms. The van der Waals surface area contributed by atoms with Gasteiger partial charge in [0.1, 0.15) is 11.6 Å². The Bertz CT molecular complexity index is 403. The lowest BCUT2D eigenvalue weighted by Crippen LogP contribution is -2.21. The van der Waals surface area contributed by atoms with Gasteiger partial charge in [-0.1, -0.05) is 28.4 Å². The number of carbonyl (C=O) groups excluding carboxylic acids is 1. The summed E-state index contributed by atoms with van der Waals surface area (Å²) in [5, 5.41) is 0. The fourth-order valence-electron chi connectivity index (χ4n) is 2.22. The molecule has 1 atom stereocenters. The Kier molecular flexibility index (Phi) is 3.74. The van der Waals surface area contributed by atoms with Crippen molar-refractivity contribution in [2.45, 2.75) is 32.1 Å². The number of hydrogen-bond acceptors (Lipinski definition) is 1. The van der Waals surface area contributed by atoms with Crippen LogP contribution in [-0.4, -0.2) is 5.78 Å². The first-order chi connectivity index (χ1) is 7.66. The SMILES string of the molecule is O=C1CCCCC1Cc1ccc(Br)cc1F. The van der Waals surface area contributed by atoms with Gasteiger partial charge in [0, 0.05) is 16.8 Å². The van der Waals surface area contributed by atoms with Crippen LogP contribution in [0.1, 0.15) is 31.2 Å². The minimum absolute atomic E-state index is 0.0319. The highest BCUT2D eigenvalue weighted by atomic mass is 79.9. The summed E-state index contributed by atoms with van der Waals surface area (Å²) >= 11 is 3.23. The average molecular weight is 285 g/mol. The predicted molar refractivity (Wildman–Crippen MR) is 64.8 cm³/mol. The van der Waals surface area contributed by atoms with Crippen molar-refractivity contribution in [1.82, 2.24) is 0 Å². The van der Waals surface area contributed by atoms with Gasteiger partial charge in [0.15, 0.2) is 0 Å². The van der Waals surface area contributed by atoms with E-state index in [1.54, 1.807) is 6.07 Å². The predicted octanol–water partition coefficient (Wildman–Crippen LogP) is 3.89. The lowest BCUT2D eigenvalue weighted by Gasteiger charge is -2.20. The van der Waals surface area contributed by atoms with Crippen LogP contribution in [0.2, 0.25) is 0 Å². The van der Waals surface area contributed by atoms with Gasteiger partial charge in [-0.25, -0.2) is 4.39 Å². The van der Waals surface area contributed by atoms with Gasteiger partial charge < -0.3 is 0 Å². The molecule has 0 N–H and O–H groups in total. The van der Waals surface area contributed by atoms with Gasteiger partial charge in [0.05, 0.1) is 0 Å². The molecule has 1 aliphatic rings. The maximum atomic E-state index is 13.6. The molecule has 1 aromatic carbocycles. The van der Waals surface area contributed by atoms with Gasteiger partial charge in [-0.3, -0.25) is 4.79 Å². The van der Waals surface area contributed by atoms with Crippen LogP contribution in [0.5, 0.6) is 0 Å². The molecule has 3 heteroatoms. The number of benzene rings is 1. The smallest absolute Gasteiger partial charge is 0.136 e. The Hall–Kier alpha value is -0.700. The van der Waals surface area contributed by atoms with Crippen LogP contribution in [0.4, 0.5) is 4.39 Å². The van der Waals surface area contributed by atoms with E-state index in [1.165, 1.54) is 6.07 Å². The molecule has 0 radical (unpaired) electrons. The zero-order valence-electron chi connectivity index (χ0n) is 9.01. The number of carbonyl (C=O) groups is 1. The van der Waals surface area contributed by atoms with Gasteiger partial charge in [-0.2, -0.15) is 0 Å². The van der Waals surface area contributed by atoms with Crippen LogP contribution in [0.15, 0.2) is 22.7 Å². The van der Waals surface area contributed by atoms with E-state index in [1.807, 2.05) is 6.07 Å². The second-order valence-corrected chi connectivity index (χ2v) is 5.26. The van der Waals surface area contributed by atoms with Crippen LogP contribution in [0.25, 0.3) is 0 Å². The Morgan fingerprint density at radius 1 is 1.38 bits per heavy atom. The zero-order chi connectivity index (χ0) is 11.5. The maximum Gasteiger partial charge on any atom is 0.136 e. The van der Waals surface area contributed by atoms with Crippen LogP contribution in [-0.2, 0) is 11.2 Å². The van der Waals surface area contributed by atoms with E-state index < -0.39 is 0 Å². The fraction of sp³-hybridized carbons (Fsp3) is 0.462. The molecule has 0 saturated heterocycles. The Morgan fingerprint density at radius 2 is 2.19 bits per heavy atom. The maximum absolute atomic E-state index is 13.6. The number of hydrogen-bond donors (Lipinski definition) is 0. The second kappa shape index (κ2) is 5.09. The number of halogens is 2. The average Bonchev–Trinajstić information content (AvgIpc) is 2.25. The number of ketones is 1. The Morgan fingerprint density at radius 3 is 2.88 bits per heavy atom. The fourth-order valence-corrected chi connectivity index (χ4v) is 2.56. The molecular formula is C13H14BrFO. The van der Waals surface area contributed by atoms with Gasteiger partial charge in [-0.05, 0) is 37.0 Å². The van der Waals surface area contributed by atoms with E-state index in [0.717, 1.165) is 23.7 Å². The van der Waals surface area contributed by atoms with Crippen molar-refractivity contribution in [1.29, 1.82) is 0 Å². The summed E-state index contributed by atoms with van der Waals surface area (Å²) in [5.41, 5.74) is 0.656. The summed E-state index contributed by atoms with van der Waals surface area (Å²) in [7, 11) is 0. The van der Waals surface area contributed by atoms with E-state index >= 15 is 0 Å². The van der Waals surface area contributed by atoms with Crippen molar-refractivity contribution in [3.63, 3.8) is 0 Å². The molecule has 2 rings (SSSR count). The summed E-state index contributed by atoms with van der Waals surface area (Å²) in [4.78, 5) is 11.6. The van der Waals surface area contributed by atoms with Crippen LogP contribution >= 0.6 is 15.9 Å². The molecule has 86 valence electrons. The normalized spacial score (nSPS) is 21.1.